The molecule has 1 fully saturated rings. The minimum atomic E-state index is -0.214. The van der Waals surface area contributed by atoms with E-state index in [2.05, 4.69) is 10.6 Å². The van der Waals surface area contributed by atoms with Gasteiger partial charge in [-0.2, -0.15) is 0 Å². The lowest BCUT2D eigenvalue weighted by Crippen LogP contribution is -2.41. The second-order valence-electron chi connectivity index (χ2n) is 4.95. The van der Waals surface area contributed by atoms with Crippen LogP contribution in [0.25, 0.3) is 0 Å². The van der Waals surface area contributed by atoms with Crippen LogP contribution in [0.2, 0.25) is 10.0 Å². The lowest BCUT2D eigenvalue weighted by molar-refractivity contribution is -0.123. The number of amides is 1. The second-order valence-corrected chi connectivity index (χ2v) is 5.79. The van der Waals surface area contributed by atoms with Crippen molar-refractivity contribution < 1.29 is 9.53 Å². The average Bonchev–Trinajstić information content (AvgIpc) is 2.87. The lowest BCUT2D eigenvalue weighted by atomic mass is 10.1. The predicted octanol–water partition coefficient (Wildman–Crippen LogP) is 2.55. The third-order valence-corrected chi connectivity index (χ3v) is 4.09. The lowest BCUT2D eigenvalue weighted by Gasteiger charge is -2.18. The Balaban J connectivity index is 1.97. The van der Waals surface area contributed by atoms with Gasteiger partial charge in [0.2, 0.25) is 5.91 Å². The number of hydrogen-bond donors (Lipinski definition) is 2. The Morgan fingerprint density at radius 3 is 2.85 bits per heavy atom. The van der Waals surface area contributed by atoms with E-state index in [1.807, 2.05) is 13.0 Å². The van der Waals surface area contributed by atoms with Crippen molar-refractivity contribution in [2.24, 2.45) is 0 Å². The van der Waals surface area contributed by atoms with Crippen LogP contribution >= 0.6 is 23.2 Å². The van der Waals surface area contributed by atoms with Crippen molar-refractivity contribution >= 4 is 29.1 Å². The van der Waals surface area contributed by atoms with Gasteiger partial charge >= 0.3 is 0 Å². The van der Waals surface area contributed by atoms with Crippen LogP contribution in [0.1, 0.15) is 24.9 Å². The molecule has 6 heteroatoms. The summed E-state index contributed by atoms with van der Waals surface area (Å²) in [6.07, 6.45) is 0.781. The van der Waals surface area contributed by atoms with E-state index >= 15 is 0 Å². The highest BCUT2D eigenvalue weighted by Gasteiger charge is 2.30. The molecule has 1 saturated heterocycles. The molecule has 0 spiro atoms. The molecule has 1 amide bonds. The second kappa shape index (κ2) is 6.76. The number of hydrogen-bond acceptors (Lipinski definition) is 3. The smallest absolute Gasteiger partial charge is 0.237 e. The Bertz CT molecular complexity index is 496. The third-order valence-electron chi connectivity index (χ3n) is 3.53. The first-order valence-corrected chi connectivity index (χ1v) is 7.28. The van der Waals surface area contributed by atoms with E-state index < -0.39 is 0 Å². The third kappa shape index (κ3) is 3.64. The van der Waals surface area contributed by atoms with E-state index in [0.717, 1.165) is 5.56 Å². The molecule has 0 bridgehead atoms. The number of rotatable bonds is 4. The molecule has 1 aliphatic heterocycles. The van der Waals surface area contributed by atoms with E-state index in [4.69, 9.17) is 27.9 Å². The maximum absolute atomic E-state index is 12.2. The molecule has 20 heavy (non-hydrogen) atoms. The van der Waals surface area contributed by atoms with Crippen molar-refractivity contribution in [2.75, 3.05) is 13.7 Å². The van der Waals surface area contributed by atoms with Gasteiger partial charge in [-0.05, 0) is 31.0 Å². The van der Waals surface area contributed by atoms with Crippen molar-refractivity contribution in [3.8, 4) is 0 Å². The molecule has 0 aromatic heterocycles. The molecular weight excluding hydrogens is 299 g/mol. The zero-order chi connectivity index (χ0) is 14.7. The Kier molecular flexibility index (Phi) is 5.27. The average molecular weight is 317 g/mol. The van der Waals surface area contributed by atoms with Gasteiger partial charge in [0.1, 0.15) is 0 Å². The van der Waals surface area contributed by atoms with Crippen LogP contribution in [0.3, 0.4) is 0 Å². The number of nitrogens with one attached hydrogen (secondary N) is 2. The van der Waals surface area contributed by atoms with E-state index in [9.17, 15) is 4.79 Å². The van der Waals surface area contributed by atoms with Crippen molar-refractivity contribution in [3.05, 3.63) is 33.8 Å². The van der Waals surface area contributed by atoms with Crippen LogP contribution < -0.4 is 10.6 Å². The Morgan fingerprint density at radius 2 is 2.25 bits per heavy atom. The normalized spacial score (nSPS) is 23.6. The molecular formula is C14H18Cl2N2O2. The van der Waals surface area contributed by atoms with Crippen LogP contribution in [0.4, 0.5) is 0 Å². The van der Waals surface area contributed by atoms with Gasteiger partial charge in [-0.1, -0.05) is 29.3 Å². The van der Waals surface area contributed by atoms with Crippen molar-refractivity contribution in [1.82, 2.24) is 10.6 Å². The summed E-state index contributed by atoms with van der Waals surface area (Å²) in [5.74, 6) is -0.0388. The Labute approximate surface area is 128 Å². The molecule has 0 aliphatic carbocycles. The molecule has 4 nitrogen and oxygen atoms in total. The van der Waals surface area contributed by atoms with Crippen LogP contribution in [0.5, 0.6) is 0 Å². The minimum Gasteiger partial charge on any atom is -0.380 e. The fourth-order valence-corrected chi connectivity index (χ4v) is 2.90. The number of halogens is 2. The number of carbonyl (C=O) groups excluding carboxylic acids is 1. The zero-order valence-electron chi connectivity index (χ0n) is 11.5. The standard InChI is InChI=1S/C14H18Cl2N2O2/c1-8(11-4-3-9(15)5-12(11)16)18-14(19)13-6-10(20-2)7-17-13/h3-5,8,10,13,17H,6-7H2,1-2H3,(H,18,19). The summed E-state index contributed by atoms with van der Waals surface area (Å²) in [4.78, 5) is 12.2. The van der Waals surface area contributed by atoms with Gasteiger partial charge in [0.15, 0.2) is 0 Å². The monoisotopic (exact) mass is 316 g/mol. The quantitative estimate of drug-likeness (QED) is 0.897. The topological polar surface area (TPSA) is 50.4 Å². The van der Waals surface area contributed by atoms with Crippen molar-refractivity contribution in [3.63, 3.8) is 0 Å². The highest BCUT2D eigenvalue weighted by Crippen LogP contribution is 2.26. The fraction of sp³-hybridized carbons (Fsp3) is 0.500. The summed E-state index contributed by atoms with van der Waals surface area (Å²) in [5.41, 5.74) is 0.853. The summed E-state index contributed by atoms with van der Waals surface area (Å²) in [6.45, 7) is 2.60. The minimum absolute atomic E-state index is 0.0388. The van der Waals surface area contributed by atoms with Crippen molar-refractivity contribution in [1.29, 1.82) is 0 Å². The SMILES string of the molecule is COC1CNC(C(=O)NC(C)c2ccc(Cl)cc2Cl)C1. The van der Waals surface area contributed by atoms with E-state index in [1.165, 1.54) is 0 Å². The Morgan fingerprint density at radius 1 is 1.50 bits per heavy atom. The van der Waals surface area contributed by atoms with E-state index in [0.29, 0.717) is 23.0 Å². The summed E-state index contributed by atoms with van der Waals surface area (Å²) >= 11 is 12.0. The van der Waals surface area contributed by atoms with E-state index in [1.54, 1.807) is 19.2 Å². The first kappa shape index (κ1) is 15.6. The van der Waals surface area contributed by atoms with Crippen LogP contribution in [0, 0.1) is 0 Å². The summed E-state index contributed by atoms with van der Waals surface area (Å²) in [5, 5.41) is 7.24. The highest BCUT2D eigenvalue weighted by molar-refractivity contribution is 6.35. The molecule has 110 valence electrons. The molecule has 1 aromatic carbocycles. The maximum Gasteiger partial charge on any atom is 0.237 e. The summed E-state index contributed by atoms with van der Waals surface area (Å²) < 4.78 is 5.24. The number of benzene rings is 1. The van der Waals surface area contributed by atoms with Crippen LogP contribution in [-0.2, 0) is 9.53 Å². The fourth-order valence-electron chi connectivity index (χ4n) is 2.33. The molecule has 1 aliphatic rings. The van der Waals surface area contributed by atoms with Gasteiger partial charge in [-0.15, -0.1) is 0 Å². The largest absolute Gasteiger partial charge is 0.380 e. The van der Waals surface area contributed by atoms with Gasteiger partial charge in [-0.25, -0.2) is 0 Å². The zero-order valence-corrected chi connectivity index (χ0v) is 13.0. The van der Waals surface area contributed by atoms with Crippen LogP contribution in [-0.4, -0.2) is 31.7 Å². The molecule has 3 atom stereocenters. The number of methoxy groups -OCH3 is 1. The first-order valence-electron chi connectivity index (χ1n) is 6.52. The molecule has 1 heterocycles. The van der Waals surface area contributed by atoms with Gasteiger partial charge < -0.3 is 15.4 Å². The maximum atomic E-state index is 12.2. The van der Waals surface area contributed by atoms with Gasteiger partial charge in [0.25, 0.3) is 0 Å². The molecule has 3 unspecified atom stereocenters. The van der Waals surface area contributed by atoms with Gasteiger partial charge in [0, 0.05) is 23.7 Å². The first-order chi connectivity index (χ1) is 9.51. The molecule has 2 N–H and O–H groups in total. The Hall–Kier alpha value is -0.810. The number of carbonyl (C=O) groups is 1. The predicted molar refractivity (Wildman–Crippen MR) is 80.2 cm³/mol. The van der Waals surface area contributed by atoms with Gasteiger partial charge in [-0.3, -0.25) is 4.79 Å². The molecule has 1 aromatic rings. The molecule has 0 radical (unpaired) electrons. The molecule has 2 rings (SSSR count). The van der Waals surface area contributed by atoms with E-state index in [-0.39, 0.29) is 24.1 Å². The summed E-state index contributed by atoms with van der Waals surface area (Å²) in [6, 6.07) is 4.88. The van der Waals surface area contributed by atoms with Crippen molar-refractivity contribution in [2.45, 2.75) is 31.5 Å². The number of ether oxygens (including phenoxy) is 1. The van der Waals surface area contributed by atoms with Crippen LogP contribution in [0.15, 0.2) is 18.2 Å². The summed E-state index contributed by atoms with van der Waals surface area (Å²) in [7, 11) is 1.66. The molecule has 0 saturated carbocycles. The highest BCUT2D eigenvalue weighted by atomic mass is 35.5. The van der Waals surface area contributed by atoms with Gasteiger partial charge in [0.05, 0.1) is 18.2 Å².